The van der Waals surface area contributed by atoms with Crippen molar-refractivity contribution in [1.82, 2.24) is 24.3 Å². The third-order valence-electron chi connectivity index (χ3n) is 4.00. The Bertz CT molecular complexity index is 1210. The van der Waals surface area contributed by atoms with Gasteiger partial charge in [-0.2, -0.15) is 0 Å². The van der Waals surface area contributed by atoms with Gasteiger partial charge in [-0.05, 0) is 19.1 Å². The smallest absolute Gasteiger partial charge is 0.308 e. The Balaban J connectivity index is 1.44. The van der Waals surface area contributed by atoms with Crippen LogP contribution in [0.15, 0.2) is 39.6 Å². The molecule has 0 bridgehead atoms. The topological polar surface area (TPSA) is 94.7 Å². The molecule has 1 N–H and O–H groups in total. The Morgan fingerprint density at radius 3 is 2.89 bits per heavy atom. The summed E-state index contributed by atoms with van der Waals surface area (Å²) in [5.74, 6) is 0.708. The van der Waals surface area contributed by atoms with Crippen molar-refractivity contribution in [2.45, 2.75) is 18.6 Å². The summed E-state index contributed by atoms with van der Waals surface area (Å²) in [6.07, 6.45) is 0. The van der Waals surface area contributed by atoms with Crippen LogP contribution in [-0.4, -0.2) is 36.0 Å². The van der Waals surface area contributed by atoms with Gasteiger partial charge in [0.25, 0.3) is 0 Å². The highest BCUT2D eigenvalue weighted by molar-refractivity contribution is 7.99. The van der Waals surface area contributed by atoms with Gasteiger partial charge >= 0.3 is 4.87 Å². The van der Waals surface area contributed by atoms with Crippen LogP contribution in [0, 0.1) is 6.92 Å². The van der Waals surface area contributed by atoms with Crippen molar-refractivity contribution in [3.05, 3.63) is 50.8 Å². The van der Waals surface area contributed by atoms with Gasteiger partial charge in [0.2, 0.25) is 5.91 Å². The lowest BCUT2D eigenvalue weighted by atomic mass is 10.3. The van der Waals surface area contributed by atoms with Gasteiger partial charge in [0.05, 0.1) is 28.2 Å². The van der Waals surface area contributed by atoms with Crippen LogP contribution < -0.4 is 10.2 Å². The van der Waals surface area contributed by atoms with Crippen molar-refractivity contribution in [3.63, 3.8) is 0 Å². The van der Waals surface area contributed by atoms with Crippen molar-refractivity contribution in [1.29, 1.82) is 0 Å². The molecule has 0 aliphatic carbocycles. The number of carbonyl (C=O) groups is 1. The van der Waals surface area contributed by atoms with E-state index in [1.807, 2.05) is 48.2 Å². The highest BCUT2D eigenvalue weighted by Gasteiger charge is 2.15. The Morgan fingerprint density at radius 2 is 2.11 bits per heavy atom. The quantitative estimate of drug-likeness (QED) is 0.471. The van der Waals surface area contributed by atoms with Gasteiger partial charge in [-0.25, -0.2) is 4.98 Å². The predicted octanol–water partition coefficient (Wildman–Crippen LogP) is 2.74. The molecule has 0 saturated heterocycles. The monoisotopic (exact) mass is 432 g/mol. The van der Waals surface area contributed by atoms with Gasteiger partial charge < -0.3 is 9.88 Å². The molecule has 0 spiro atoms. The van der Waals surface area contributed by atoms with Crippen LogP contribution >= 0.6 is 34.4 Å². The third kappa shape index (κ3) is 3.86. The van der Waals surface area contributed by atoms with E-state index in [1.54, 1.807) is 4.57 Å². The number of nitrogens with zero attached hydrogens (tertiary/aromatic N) is 5. The van der Waals surface area contributed by atoms with Crippen molar-refractivity contribution in [2.24, 2.45) is 7.05 Å². The molecule has 0 unspecified atom stereocenters. The van der Waals surface area contributed by atoms with E-state index in [2.05, 4.69) is 20.5 Å². The van der Waals surface area contributed by atoms with Gasteiger partial charge in [-0.15, -0.1) is 21.5 Å². The van der Waals surface area contributed by atoms with Crippen LogP contribution in [-0.2, 0) is 18.4 Å². The number of hydrogen-bond donors (Lipinski definition) is 1. The fourth-order valence-electron chi connectivity index (χ4n) is 2.61. The maximum Gasteiger partial charge on any atom is 0.308 e. The number of amides is 1. The summed E-state index contributed by atoms with van der Waals surface area (Å²) < 4.78 is 4.44. The molecule has 0 atom stereocenters. The van der Waals surface area contributed by atoms with Gasteiger partial charge in [0.1, 0.15) is 0 Å². The van der Waals surface area contributed by atoms with Crippen LogP contribution in [0.4, 0.5) is 5.13 Å². The lowest BCUT2D eigenvalue weighted by Crippen LogP contribution is -2.16. The van der Waals surface area contributed by atoms with Gasteiger partial charge in [0.15, 0.2) is 16.1 Å². The zero-order chi connectivity index (χ0) is 19.7. The van der Waals surface area contributed by atoms with Crippen LogP contribution in [0.3, 0.4) is 0 Å². The van der Waals surface area contributed by atoms with E-state index >= 15 is 0 Å². The SMILES string of the molecule is Cc1csc(NC(=O)CSc2nnc(Cn3c(=O)sc4ccccc43)n2C)n1. The summed E-state index contributed by atoms with van der Waals surface area (Å²) in [5.41, 5.74) is 1.76. The highest BCUT2D eigenvalue weighted by atomic mass is 32.2. The minimum Gasteiger partial charge on any atom is -0.308 e. The summed E-state index contributed by atoms with van der Waals surface area (Å²) in [4.78, 5) is 28.6. The Kier molecular flexibility index (Phi) is 5.29. The molecule has 3 aromatic heterocycles. The number of carbonyl (C=O) groups excluding carboxylic acids is 1. The fraction of sp³-hybridized carbons (Fsp3) is 0.235. The summed E-state index contributed by atoms with van der Waals surface area (Å²) in [7, 11) is 1.83. The molecule has 1 amide bonds. The number of fused-ring (bicyclic) bond motifs is 1. The molecule has 144 valence electrons. The number of rotatable bonds is 6. The largest absolute Gasteiger partial charge is 0.308 e. The molecule has 4 aromatic rings. The maximum atomic E-state index is 12.3. The summed E-state index contributed by atoms with van der Waals surface area (Å²) in [6.45, 7) is 2.21. The van der Waals surface area contributed by atoms with Crippen molar-refractivity contribution in [3.8, 4) is 0 Å². The first-order valence-electron chi connectivity index (χ1n) is 8.32. The number of hydrogen-bond acceptors (Lipinski definition) is 8. The summed E-state index contributed by atoms with van der Waals surface area (Å²) in [6, 6.07) is 7.67. The van der Waals surface area contributed by atoms with Gasteiger partial charge in [-0.1, -0.05) is 35.2 Å². The maximum absolute atomic E-state index is 12.3. The third-order valence-corrected chi connectivity index (χ3v) is 6.85. The molecule has 0 radical (unpaired) electrons. The molecule has 0 fully saturated rings. The van der Waals surface area contributed by atoms with Crippen LogP contribution in [0.5, 0.6) is 0 Å². The first-order chi connectivity index (χ1) is 13.5. The van der Waals surface area contributed by atoms with Gasteiger partial charge in [0, 0.05) is 12.4 Å². The second-order valence-corrected chi connectivity index (χ2v) is 8.80. The van der Waals surface area contributed by atoms with Crippen LogP contribution in [0.1, 0.15) is 11.5 Å². The number of anilines is 1. The molecule has 0 aliphatic heterocycles. The van der Waals surface area contributed by atoms with Crippen molar-refractivity contribution in [2.75, 3.05) is 11.1 Å². The number of aryl methyl sites for hydroxylation is 1. The highest BCUT2D eigenvalue weighted by Crippen LogP contribution is 2.20. The second-order valence-electron chi connectivity index (χ2n) is 6.01. The molecule has 3 heterocycles. The van der Waals surface area contributed by atoms with Crippen molar-refractivity contribution < 1.29 is 4.79 Å². The molecule has 0 aliphatic rings. The van der Waals surface area contributed by atoms with Gasteiger partial charge in [-0.3, -0.25) is 14.2 Å². The zero-order valence-corrected chi connectivity index (χ0v) is 17.5. The number of nitrogens with one attached hydrogen (secondary N) is 1. The fourth-order valence-corrected chi connectivity index (χ4v) is 4.94. The molecular formula is C17H16N6O2S3. The lowest BCUT2D eigenvalue weighted by molar-refractivity contribution is -0.113. The van der Waals surface area contributed by atoms with E-state index in [-0.39, 0.29) is 16.5 Å². The van der Waals surface area contributed by atoms with Crippen LogP contribution in [0.25, 0.3) is 10.2 Å². The summed E-state index contributed by atoms with van der Waals surface area (Å²) >= 11 is 3.90. The zero-order valence-electron chi connectivity index (χ0n) is 15.1. The molecule has 8 nitrogen and oxygen atoms in total. The Morgan fingerprint density at radius 1 is 1.29 bits per heavy atom. The first-order valence-corrected chi connectivity index (χ1v) is 11.0. The summed E-state index contributed by atoms with van der Waals surface area (Å²) in [5, 5.41) is 14.2. The van der Waals surface area contributed by atoms with E-state index in [0.717, 1.165) is 15.9 Å². The Labute approximate surface area is 172 Å². The predicted molar refractivity (Wildman–Crippen MR) is 112 cm³/mol. The van der Waals surface area contributed by atoms with E-state index < -0.39 is 0 Å². The first kappa shape index (κ1) is 18.8. The number of para-hydroxylation sites is 1. The van der Waals surface area contributed by atoms with E-state index in [4.69, 9.17) is 0 Å². The molecular weight excluding hydrogens is 416 g/mol. The lowest BCUT2D eigenvalue weighted by Gasteiger charge is -2.05. The number of thioether (sulfide) groups is 1. The molecule has 1 aromatic carbocycles. The Hall–Kier alpha value is -2.50. The number of benzene rings is 1. The standard InChI is InChI=1S/C17H16N6O2S3/c1-10-8-26-15(18-10)19-14(24)9-27-16-21-20-13(22(16)2)7-23-11-5-3-4-6-12(11)28-17(23)25/h3-6,8H,7,9H2,1-2H3,(H,18,19,24). The normalized spacial score (nSPS) is 11.2. The number of aromatic nitrogens is 5. The molecule has 28 heavy (non-hydrogen) atoms. The van der Waals surface area contributed by atoms with E-state index in [1.165, 1.54) is 34.4 Å². The molecule has 4 rings (SSSR count). The van der Waals surface area contributed by atoms with Crippen molar-refractivity contribution >= 4 is 55.7 Å². The van der Waals surface area contributed by atoms with E-state index in [9.17, 15) is 9.59 Å². The minimum absolute atomic E-state index is 0.0310. The molecule has 0 saturated carbocycles. The molecule has 11 heteroatoms. The average molecular weight is 433 g/mol. The minimum atomic E-state index is -0.149. The second kappa shape index (κ2) is 7.86. The average Bonchev–Trinajstić information content (AvgIpc) is 3.33. The van der Waals surface area contributed by atoms with Crippen LogP contribution in [0.2, 0.25) is 0 Å². The van der Waals surface area contributed by atoms with E-state index in [0.29, 0.717) is 22.7 Å². The number of thiazole rings is 2.